The predicted molar refractivity (Wildman–Crippen MR) is 61.7 cm³/mol. The average Bonchev–Trinajstić information content (AvgIpc) is 2.43. The van der Waals surface area contributed by atoms with Crippen molar-refractivity contribution < 1.29 is 9.59 Å². The summed E-state index contributed by atoms with van der Waals surface area (Å²) in [6.45, 7) is 2.92. The van der Waals surface area contributed by atoms with Gasteiger partial charge in [0.2, 0.25) is 11.8 Å². The molecule has 2 unspecified atom stereocenters. The van der Waals surface area contributed by atoms with Gasteiger partial charge in [-0.05, 0) is 24.5 Å². The lowest BCUT2D eigenvalue weighted by Crippen LogP contribution is -2.39. The average molecular weight is 230 g/mol. The smallest absolute Gasteiger partial charge is 0.246 e. The molecule has 4 nitrogen and oxygen atoms in total. The van der Waals surface area contributed by atoms with E-state index in [0.717, 1.165) is 12.3 Å². The van der Waals surface area contributed by atoms with E-state index in [4.69, 9.17) is 0 Å². The number of amides is 2. The van der Waals surface area contributed by atoms with Crippen molar-refractivity contribution in [2.24, 2.45) is 5.92 Å². The van der Waals surface area contributed by atoms with Crippen LogP contribution in [0.2, 0.25) is 0 Å². The van der Waals surface area contributed by atoms with E-state index in [-0.39, 0.29) is 17.9 Å². The molecule has 1 rings (SSSR count). The van der Waals surface area contributed by atoms with Crippen LogP contribution in [0.3, 0.4) is 0 Å². The highest BCUT2D eigenvalue weighted by atomic mass is 32.2. The molecule has 2 atom stereocenters. The largest absolute Gasteiger partial charge is 0.305 e. The van der Waals surface area contributed by atoms with E-state index in [1.54, 1.807) is 11.8 Å². The summed E-state index contributed by atoms with van der Waals surface area (Å²) in [6, 6.07) is -0.299. The van der Waals surface area contributed by atoms with Gasteiger partial charge in [-0.25, -0.2) is 0 Å². The van der Waals surface area contributed by atoms with Crippen molar-refractivity contribution >= 4 is 23.6 Å². The molecule has 86 valence electrons. The zero-order chi connectivity index (χ0) is 11.4. The summed E-state index contributed by atoms with van der Waals surface area (Å²) in [5.41, 5.74) is 0. The van der Waals surface area contributed by atoms with Crippen molar-refractivity contribution in [1.29, 1.82) is 0 Å². The minimum Gasteiger partial charge on any atom is -0.305 e. The van der Waals surface area contributed by atoms with Gasteiger partial charge >= 0.3 is 0 Å². The molecule has 0 spiro atoms. The maximum Gasteiger partial charge on any atom is 0.246 e. The van der Waals surface area contributed by atoms with E-state index in [0.29, 0.717) is 12.3 Å². The number of imide groups is 1. The molecule has 0 saturated carbocycles. The molecule has 15 heavy (non-hydrogen) atoms. The fourth-order valence-corrected chi connectivity index (χ4v) is 2.29. The minimum absolute atomic E-state index is 0.0879. The summed E-state index contributed by atoms with van der Waals surface area (Å²) in [5, 5.41) is 3.15. The number of hydrogen-bond donors (Lipinski definition) is 1. The van der Waals surface area contributed by atoms with Crippen molar-refractivity contribution in [3.63, 3.8) is 0 Å². The molecule has 1 N–H and O–H groups in total. The summed E-state index contributed by atoms with van der Waals surface area (Å²) in [6.07, 6.45) is 2.37. The lowest BCUT2D eigenvalue weighted by molar-refractivity contribution is -0.137. The molecule has 1 aliphatic rings. The van der Waals surface area contributed by atoms with Gasteiger partial charge in [0.05, 0.1) is 12.5 Å². The quantitative estimate of drug-likeness (QED) is 0.692. The Morgan fingerprint density at radius 3 is 2.73 bits per heavy atom. The number of thioether (sulfide) groups is 1. The highest BCUT2D eigenvalue weighted by Crippen LogP contribution is 2.11. The second kappa shape index (κ2) is 5.51. The summed E-state index contributed by atoms with van der Waals surface area (Å²) >= 11 is 1.79. The molecule has 0 aromatic rings. The Morgan fingerprint density at radius 2 is 2.27 bits per heavy atom. The summed E-state index contributed by atoms with van der Waals surface area (Å²) in [4.78, 5) is 24.0. The molecule has 1 saturated heterocycles. The summed E-state index contributed by atoms with van der Waals surface area (Å²) in [7, 11) is 1.54. The van der Waals surface area contributed by atoms with Crippen LogP contribution in [-0.2, 0) is 9.59 Å². The summed E-state index contributed by atoms with van der Waals surface area (Å²) in [5.74, 6) is 1.40. The van der Waals surface area contributed by atoms with Crippen LogP contribution in [0, 0.1) is 5.92 Å². The Labute approximate surface area is 94.8 Å². The molecule has 2 amide bonds. The number of likely N-dealkylation sites (N-methyl/N-ethyl adjacent to an activating group) is 1. The van der Waals surface area contributed by atoms with Gasteiger partial charge in [0.15, 0.2) is 0 Å². The highest BCUT2D eigenvalue weighted by Gasteiger charge is 2.35. The second-order valence-corrected chi connectivity index (χ2v) is 4.93. The lowest BCUT2D eigenvalue weighted by Gasteiger charge is -2.14. The van der Waals surface area contributed by atoms with Gasteiger partial charge in [-0.15, -0.1) is 0 Å². The zero-order valence-electron chi connectivity index (χ0n) is 9.45. The first-order chi connectivity index (χ1) is 7.06. The van der Waals surface area contributed by atoms with E-state index >= 15 is 0 Å². The lowest BCUT2D eigenvalue weighted by atomic mass is 10.2. The third-order valence-electron chi connectivity index (χ3n) is 2.55. The van der Waals surface area contributed by atoms with Gasteiger partial charge in [-0.2, -0.15) is 11.8 Å². The third-order valence-corrected chi connectivity index (χ3v) is 3.45. The van der Waals surface area contributed by atoms with Crippen LogP contribution in [-0.4, -0.2) is 48.4 Å². The number of likely N-dealkylation sites (tertiary alicyclic amines) is 1. The second-order valence-electron chi connectivity index (χ2n) is 4.02. The topological polar surface area (TPSA) is 49.4 Å². The first-order valence-electron chi connectivity index (χ1n) is 5.09. The van der Waals surface area contributed by atoms with Crippen LogP contribution < -0.4 is 5.32 Å². The van der Waals surface area contributed by atoms with Crippen molar-refractivity contribution in [3.05, 3.63) is 0 Å². The molecule has 5 heteroatoms. The number of carbonyl (C=O) groups is 2. The van der Waals surface area contributed by atoms with Gasteiger partial charge in [-0.1, -0.05) is 6.92 Å². The Kier molecular flexibility index (Phi) is 4.60. The molecule has 0 aliphatic carbocycles. The van der Waals surface area contributed by atoms with Gasteiger partial charge in [0.1, 0.15) is 0 Å². The number of rotatable bonds is 5. The van der Waals surface area contributed by atoms with Gasteiger partial charge in [0.25, 0.3) is 0 Å². The SMILES string of the molecule is CSCC(C)CNC1CC(=O)N(C)C1=O. The zero-order valence-corrected chi connectivity index (χ0v) is 10.3. The first kappa shape index (κ1) is 12.5. The fourth-order valence-electron chi connectivity index (χ4n) is 1.60. The molecule has 0 bridgehead atoms. The number of nitrogens with one attached hydrogen (secondary N) is 1. The molecular formula is C10H18N2O2S. The van der Waals surface area contributed by atoms with Crippen LogP contribution in [0.5, 0.6) is 0 Å². The number of nitrogens with zero attached hydrogens (tertiary/aromatic N) is 1. The highest BCUT2D eigenvalue weighted by molar-refractivity contribution is 7.98. The molecular weight excluding hydrogens is 212 g/mol. The summed E-state index contributed by atoms with van der Waals surface area (Å²) < 4.78 is 0. The van der Waals surface area contributed by atoms with E-state index in [2.05, 4.69) is 18.5 Å². The van der Waals surface area contributed by atoms with Crippen LogP contribution in [0.15, 0.2) is 0 Å². The minimum atomic E-state index is -0.299. The van der Waals surface area contributed by atoms with E-state index in [1.165, 1.54) is 11.9 Å². The van der Waals surface area contributed by atoms with Crippen molar-refractivity contribution in [2.75, 3.05) is 25.6 Å². The molecule has 0 aromatic carbocycles. The van der Waals surface area contributed by atoms with Crippen LogP contribution in [0.25, 0.3) is 0 Å². The van der Waals surface area contributed by atoms with Gasteiger partial charge in [-0.3, -0.25) is 14.5 Å². The van der Waals surface area contributed by atoms with Crippen molar-refractivity contribution in [3.8, 4) is 0 Å². The Morgan fingerprint density at radius 1 is 1.60 bits per heavy atom. The van der Waals surface area contributed by atoms with Crippen LogP contribution in [0.4, 0.5) is 0 Å². The monoisotopic (exact) mass is 230 g/mol. The maximum atomic E-state index is 11.5. The van der Waals surface area contributed by atoms with Crippen LogP contribution in [0.1, 0.15) is 13.3 Å². The van der Waals surface area contributed by atoms with E-state index in [1.807, 2.05) is 0 Å². The number of hydrogen-bond acceptors (Lipinski definition) is 4. The molecule has 1 fully saturated rings. The van der Waals surface area contributed by atoms with Crippen molar-refractivity contribution in [2.45, 2.75) is 19.4 Å². The van der Waals surface area contributed by atoms with Gasteiger partial charge in [0, 0.05) is 7.05 Å². The van der Waals surface area contributed by atoms with Crippen LogP contribution >= 0.6 is 11.8 Å². The Hall–Kier alpha value is -0.550. The normalized spacial score (nSPS) is 23.7. The van der Waals surface area contributed by atoms with E-state index < -0.39 is 0 Å². The van der Waals surface area contributed by atoms with Crippen molar-refractivity contribution in [1.82, 2.24) is 10.2 Å². The van der Waals surface area contributed by atoms with Gasteiger partial charge < -0.3 is 5.32 Å². The standard InChI is InChI=1S/C10H18N2O2S/c1-7(6-15-3)5-11-8-4-9(13)12(2)10(8)14/h7-8,11H,4-6H2,1-3H3. The first-order valence-corrected chi connectivity index (χ1v) is 6.48. The maximum absolute atomic E-state index is 11.5. The van der Waals surface area contributed by atoms with E-state index in [9.17, 15) is 9.59 Å². The third kappa shape index (κ3) is 3.21. The fraction of sp³-hybridized carbons (Fsp3) is 0.800. The molecule has 1 heterocycles. The Balaban J connectivity index is 2.34. The number of carbonyl (C=O) groups excluding carboxylic acids is 2. The molecule has 1 aliphatic heterocycles. The Bertz CT molecular complexity index is 258. The molecule has 0 radical (unpaired) electrons. The molecule has 0 aromatic heterocycles. The predicted octanol–water partition coefficient (Wildman–Crippen LogP) is 0.332.